The molecule has 2 nitrogen and oxygen atoms in total. The van der Waals surface area contributed by atoms with Gasteiger partial charge >= 0.3 is 0 Å². The third-order valence-electron chi connectivity index (χ3n) is 3.37. The summed E-state index contributed by atoms with van der Waals surface area (Å²) in [6.45, 7) is 4.12. The Labute approximate surface area is 122 Å². The molecule has 0 spiro atoms. The van der Waals surface area contributed by atoms with E-state index in [4.69, 9.17) is 0 Å². The van der Waals surface area contributed by atoms with E-state index in [0.29, 0.717) is 6.42 Å². The maximum Gasteiger partial charge on any atom is 0.0848 e. The second-order valence-electron chi connectivity index (χ2n) is 4.69. The Kier molecular flexibility index (Phi) is 4.72. The maximum atomic E-state index is 10.3. The summed E-state index contributed by atoms with van der Waals surface area (Å²) in [6.07, 6.45) is 2.90. The summed E-state index contributed by atoms with van der Waals surface area (Å²) in [7, 11) is 0. The van der Waals surface area contributed by atoms with Crippen molar-refractivity contribution >= 4 is 15.9 Å². The molecule has 1 heterocycles. The molecule has 0 fully saturated rings. The molecule has 0 aliphatic carbocycles. The van der Waals surface area contributed by atoms with E-state index in [1.165, 1.54) is 5.56 Å². The van der Waals surface area contributed by atoms with Crippen molar-refractivity contribution in [1.82, 2.24) is 4.98 Å². The van der Waals surface area contributed by atoms with Gasteiger partial charge in [-0.15, -0.1) is 0 Å². The van der Waals surface area contributed by atoms with Gasteiger partial charge in [-0.05, 0) is 42.2 Å². The number of aromatic nitrogens is 1. The SMILES string of the molecule is CCc1ccc(CC(O)c2cccc(Br)c2C)nc1. The zero-order valence-corrected chi connectivity index (χ0v) is 12.8. The summed E-state index contributed by atoms with van der Waals surface area (Å²) < 4.78 is 1.03. The Balaban J connectivity index is 2.15. The van der Waals surface area contributed by atoms with Crippen molar-refractivity contribution in [2.24, 2.45) is 0 Å². The van der Waals surface area contributed by atoms with E-state index in [2.05, 4.69) is 33.9 Å². The van der Waals surface area contributed by atoms with Crippen LogP contribution in [-0.4, -0.2) is 10.1 Å². The highest BCUT2D eigenvalue weighted by atomic mass is 79.9. The van der Waals surface area contributed by atoms with Crippen LogP contribution in [0, 0.1) is 6.92 Å². The highest BCUT2D eigenvalue weighted by Crippen LogP contribution is 2.26. The molecule has 1 aromatic heterocycles. The first-order valence-electron chi connectivity index (χ1n) is 6.48. The monoisotopic (exact) mass is 319 g/mol. The molecule has 0 bridgehead atoms. The van der Waals surface area contributed by atoms with E-state index in [1.807, 2.05) is 37.4 Å². The minimum absolute atomic E-state index is 0.516. The van der Waals surface area contributed by atoms with Gasteiger partial charge in [0.1, 0.15) is 0 Å². The summed E-state index contributed by atoms with van der Waals surface area (Å²) in [5, 5.41) is 10.3. The molecule has 3 heteroatoms. The van der Waals surface area contributed by atoms with Gasteiger partial charge in [0.15, 0.2) is 0 Å². The molecular weight excluding hydrogens is 302 g/mol. The minimum Gasteiger partial charge on any atom is -0.388 e. The molecule has 0 aliphatic heterocycles. The molecule has 19 heavy (non-hydrogen) atoms. The minimum atomic E-state index is -0.516. The molecule has 0 saturated carbocycles. The number of pyridine rings is 1. The highest BCUT2D eigenvalue weighted by Gasteiger charge is 2.13. The molecule has 0 amide bonds. The van der Waals surface area contributed by atoms with Crippen LogP contribution in [0.5, 0.6) is 0 Å². The zero-order chi connectivity index (χ0) is 13.8. The van der Waals surface area contributed by atoms with Crippen molar-refractivity contribution in [3.63, 3.8) is 0 Å². The molecule has 0 saturated heterocycles. The third kappa shape index (κ3) is 3.43. The molecule has 0 aliphatic rings. The second-order valence-corrected chi connectivity index (χ2v) is 5.54. The van der Waals surface area contributed by atoms with Crippen LogP contribution in [0.25, 0.3) is 0 Å². The Morgan fingerprint density at radius 2 is 2.05 bits per heavy atom. The highest BCUT2D eigenvalue weighted by molar-refractivity contribution is 9.10. The molecule has 1 N–H and O–H groups in total. The van der Waals surface area contributed by atoms with E-state index in [1.54, 1.807) is 0 Å². The molecule has 100 valence electrons. The molecular formula is C16H18BrNO. The van der Waals surface area contributed by atoms with Crippen molar-refractivity contribution in [1.29, 1.82) is 0 Å². The summed E-state index contributed by atoms with van der Waals surface area (Å²) in [6, 6.07) is 9.96. The fourth-order valence-corrected chi connectivity index (χ4v) is 2.46. The Morgan fingerprint density at radius 1 is 1.26 bits per heavy atom. The van der Waals surface area contributed by atoms with E-state index < -0.39 is 6.10 Å². The van der Waals surface area contributed by atoms with Crippen LogP contribution >= 0.6 is 15.9 Å². The van der Waals surface area contributed by atoms with E-state index in [9.17, 15) is 5.11 Å². The second kappa shape index (κ2) is 6.31. The largest absolute Gasteiger partial charge is 0.388 e. The van der Waals surface area contributed by atoms with Gasteiger partial charge in [0.25, 0.3) is 0 Å². The van der Waals surface area contributed by atoms with E-state index in [0.717, 1.165) is 27.7 Å². The molecule has 2 rings (SSSR count). The summed E-state index contributed by atoms with van der Waals surface area (Å²) in [4.78, 5) is 4.40. The number of hydrogen-bond acceptors (Lipinski definition) is 2. The van der Waals surface area contributed by atoms with Crippen LogP contribution in [0.1, 0.15) is 35.4 Å². The molecule has 0 radical (unpaired) electrons. The Morgan fingerprint density at radius 3 is 2.68 bits per heavy atom. The van der Waals surface area contributed by atoms with Crippen LogP contribution in [0.4, 0.5) is 0 Å². The van der Waals surface area contributed by atoms with Crippen LogP contribution in [0.15, 0.2) is 41.0 Å². The van der Waals surface area contributed by atoms with Crippen LogP contribution in [-0.2, 0) is 12.8 Å². The number of aliphatic hydroxyl groups is 1. The van der Waals surface area contributed by atoms with Crippen molar-refractivity contribution in [3.8, 4) is 0 Å². The predicted molar refractivity (Wildman–Crippen MR) is 81.2 cm³/mol. The van der Waals surface area contributed by atoms with Crippen LogP contribution in [0.3, 0.4) is 0 Å². The Hall–Kier alpha value is -1.19. The predicted octanol–water partition coefficient (Wildman–Crippen LogP) is 3.99. The van der Waals surface area contributed by atoms with Crippen LogP contribution < -0.4 is 0 Å². The van der Waals surface area contributed by atoms with E-state index in [-0.39, 0.29) is 0 Å². The lowest BCUT2D eigenvalue weighted by atomic mass is 9.99. The average Bonchev–Trinajstić information content (AvgIpc) is 2.42. The van der Waals surface area contributed by atoms with Gasteiger partial charge in [0, 0.05) is 22.8 Å². The Bertz CT molecular complexity index is 551. The van der Waals surface area contributed by atoms with Crippen molar-refractivity contribution in [2.45, 2.75) is 32.8 Å². The van der Waals surface area contributed by atoms with Gasteiger partial charge in [-0.1, -0.05) is 41.1 Å². The van der Waals surface area contributed by atoms with Gasteiger partial charge in [-0.25, -0.2) is 0 Å². The topological polar surface area (TPSA) is 33.1 Å². The number of aryl methyl sites for hydroxylation is 1. The zero-order valence-electron chi connectivity index (χ0n) is 11.2. The molecule has 1 aromatic carbocycles. The van der Waals surface area contributed by atoms with Crippen molar-refractivity contribution < 1.29 is 5.11 Å². The molecule has 1 atom stereocenters. The number of rotatable bonds is 4. The molecule has 1 unspecified atom stereocenters. The fourth-order valence-electron chi connectivity index (χ4n) is 2.08. The van der Waals surface area contributed by atoms with Gasteiger partial charge in [0.2, 0.25) is 0 Å². The lowest BCUT2D eigenvalue weighted by Crippen LogP contribution is -2.05. The van der Waals surface area contributed by atoms with E-state index >= 15 is 0 Å². The van der Waals surface area contributed by atoms with Gasteiger partial charge < -0.3 is 5.11 Å². The third-order valence-corrected chi connectivity index (χ3v) is 4.22. The number of nitrogens with zero attached hydrogens (tertiary/aromatic N) is 1. The smallest absolute Gasteiger partial charge is 0.0848 e. The first kappa shape index (κ1) is 14.2. The quantitative estimate of drug-likeness (QED) is 0.924. The summed E-state index contributed by atoms with van der Waals surface area (Å²) in [5.41, 5.74) is 4.18. The number of aliphatic hydroxyl groups excluding tert-OH is 1. The van der Waals surface area contributed by atoms with Gasteiger partial charge in [0.05, 0.1) is 6.10 Å². The maximum absolute atomic E-state index is 10.3. The van der Waals surface area contributed by atoms with Gasteiger partial charge in [-0.3, -0.25) is 4.98 Å². The van der Waals surface area contributed by atoms with Gasteiger partial charge in [-0.2, -0.15) is 0 Å². The first-order valence-corrected chi connectivity index (χ1v) is 7.28. The number of halogens is 1. The number of hydrogen-bond donors (Lipinski definition) is 1. The van der Waals surface area contributed by atoms with Crippen molar-refractivity contribution in [2.75, 3.05) is 0 Å². The fraction of sp³-hybridized carbons (Fsp3) is 0.312. The molecule has 2 aromatic rings. The van der Waals surface area contributed by atoms with Crippen LogP contribution in [0.2, 0.25) is 0 Å². The first-order chi connectivity index (χ1) is 9.11. The average molecular weight is 320 g/mol. The van der Waals surface area contributed by atoms with Crippen molar-refractivity contribution in [3.05, 3.63) is 63.4 Å². The number of benzene rings is 1. The standard InChI is InChI=1S/C16H18BrNO/c1-3-12-7-8-13(18-10-12)9-16(19)14-5-4-6-15(17)11(14)2/h4-8,10,16,19H,3,9H2,1-2H3. The summed E-state index contributed by atoms with van der Waals surface area (Å²) >= 11 is 3.49. The summed E-state index contributed by atoms with van der Waals surface area (Å²) in [5.74, 6) is 0. The lowest BCUT2D eigenvalue weighted by Gasteiger charge is -2.14. The normalized spacial score (nSPS) is 12.4. The lowest BCUT2D eigenvalue weighted by molar-refractivity contribution is 0.176.